The molecule has 0 heterocycles. The summed E-state index contributed by atoms with van der Waals surface area (Å²) < 4.78 is 0.918. The van der Waals surface area contributed by atoms with E-state index in [9.17, 15) is 0 Å². The van der Waals surface area contributed by atoms with E-state index in [1.807, 2.05) is 36.4 Å². The summed E-state index contributed by atoms with van der Waals surface area (Å²) in [6.07, 6.45) is -0.614. The molecule has 0 atom stereocenters. The smallest absolute Gasteiger partial charge is 0.0581 e. The van der Waals surface area contributed by atoms with Crippen LogP contribution in [0, 0.1) is 0 Å². The summed E-state index contributed by atoms with van der Waals surface area (Å²) >= 11 is 6.41. The van der Waals surface area contributed by atoms with Crippen molar-refractivity contribution >= 4 is 60.1 Å². The largest absolute Gasteiger partial charge is 0.207 e. The van der Waals surface area contributed by atoms with E-state index >= 15 is 0 Å². The van der Waals surface area contributed by atoms with E-state index in [4.69, 9.17) is 0 Å². The van der Waals surface area contributed by atoms with Crippen LogP contribution in [0.4, 0.5) is 0 Å². The van der Waals surface area contributed by atoms with Crippen LogP contribution in [0.5, 0.6) is 0 Å². The van der Waals surface area contributed by atoms with Crippen molar-refractivity contribution in [3.8, 4) is 0 Å². The molecule has 41 heavy (non-hydrogen) atoms. The van der Waals surface area contributed by atoms with Gasteiger partial charge in [-0.2, -0.15) is 35.3 Å². The predicted molar refractivity (Wildman–Crippen MR) is 200 cm³/mol. The maximum Gasteiger partial charge on any atom is 0.0581 e. The van der Waals surface area contributed by atoms with Crippen LogP contribution in [0.15, 0.2) is 97.1 Å². The minimum absolute atomic E-state index is 0. The Kier molecular flexibility index (Phi) is 19.7. The molecule has 0 aliphatic rings. The Hall–Kier alpha value is -0.289. The van der Waals surface area contributed by atoms with Gasteiger partial charge in [-0.1, -0.05) is 167 Å². The first-order valence-corrected chi connectivity index (χ1v) is 19.6. The molecule has 1 radical (unpaired) electrons. The third-order valence-electron chi connectivity index (χ3n) is 5.95. The van der Waals surface area contributed by atoms with Gasteiger partial charge in [-0.25, -0.2) is 5.46 Å². The van der Waals surface area contributed by atoms with Gasteiger partial charge in [0.25, 0.3) is 0 Å². The molecule has 0 N–H and O–H groups in total. The van der Waals surface area contributed by atoms with Crippen LogP contribution in [0.25, 0.3) is 0 Å². The van der Waals surface area contributed by atoms with E-state index < -0.39 is 6.15 Å². The fourth-order valence-corrected chi connectivity index (χ4v) is 8.59. The molecule has 0 aromatic heterocycles. The van der Waals surface area contributed by atoms with Crippen molar-refractivity contribution in [2.45, 2.75) is 76.6 Å². The molecule has 3 aromatic carbocycles. The Labute approximate surface area is 279 Å². The average Bonchev–Trinajstić information content (AvgIpc) is 2.90. The Balaban J connectivity index is 0.000000806. The van der Waals surface area contributed by atoms with Crippen molar-refractivity contribution in [2.24, 2.45) is 0 Å². The zero-order valence-electron chi connectivity index (χ0n) is 27.4. The molecule has 0 bridgehead atoms. The summed E-state index contributed by atoms with van der Waals surface area (Å²) in [5, 5.41) is 1.48. The monoisotopic (exact) mass is 672 g/mol. The molecule has 0 unspecified atom stereocenters. The molecule has 0 spiro atoms. The SMILES string of the molecule is CC(C)(C)SC[B-](CSC(C)(C)C)(CSC(C)(C)C)c1ccccc1.CP(C)c1ccccc1.[Co].c1ccccc1. The van der Waals surface area contributed by atoms with Crippen LogP contribution < -0.4 is 10.8 Å². The summed E-state index contributed by atoms with van der Waals surface area (Å²) in [4.78, 5) is 0. The molecule has 0 aliphatic heterocycles. The van der Waals surface area contributed by atoms with Gasteiger partial charge in [0.2, 0.25) is 0 Å². The molecule has 0 aliphatic carbocycles. The van der Waals surface area contributed by atoms with Crippen molar-refractivity contribution in [3.05, 3.63) is 97.1 Å². The van der Waals surface area contributed by atoms with Crippen LogP contribution in [0.3, 0.4) is 0 Å². The van der Waals surface area contributed by atoms with Crippen LogP contribution in [0.1, 0.15) is 62.3 Å². The van der Waals surface area contributed by atoms with Gasteiger partial charge >= 0.3 is 0 Å². The minimum Gasteiger partial charge on any atom is -0.207 e. The van der Waals surface area contributed by atoms with E-state index in [1.165, 1.54) is 22.3 Å². The van der Waals surface area contributed by atoms with Gasteiger partial charge in [0, 0.05) is 31.0 Å². The second-order valence-electron chi connectivity index (χ2n) is 13.5. The normalized spacial score (nSPS) is 11.9. The standard InChI is InChI=1S/C21H38BS3.C8H11P.C6H6.Co/c1-19(2,3)23-15-22(16-24-20(4,5)6,17-25-21(7,8)9)18-13-11-10-12-14-18;1-9(2)8-6-4-3-5-7-8;1-2-4-6-5-3-1;/h10-14H,15-17H2,1-9H3;3-7H,1-2H3;1-6H;/q-1;;;. The second-order valence-corrected chi connectivity index (χ2v) is 21.4. The van der Waals surface area contributed by atoms with E-state index in [2.05, 4.69) is 172 Å². The first kappa shape index (κ1) is 40.7. The Bertz CT molecular complexity index is 956. The molecule has 0 amide bonds. The quantitative estimate of drug-likeness (QED) is 0.173. The molecule has 6 heteroatoms. The van der Waals surface area contributed by atoms with Gasteiger partial charge in [-0.3, -0.25) is 0 Å². The van der Waals surface area contributed by atoms with E-state index in [0.29, 0.717) is 14.2 Å². The predicted octanol–water partition coefficient (Wildman–Crippen LogP) is 10.3. The van der Waals surface area contributed by atoms with Gasteiger partial charge in [0.05, 0.1) is 6.15 Å². The average molecular weight is 673 g/mol. The number of rotatable bonds is 8. The Morgan fingerprint density at radius 2 is 0.756 bits per heavy atom. The molecule has 0 saturated carbocycles. The van der Waals surface area contributed by atoms with Gasteiger partial charge in [0.15, 0.2) is 0 Å². The zero-order chi connectivity index (χ0) is 30.3. The Morgan fingerprint density at radius 3 is 1.00 bits per heavy atom. The third kappa shape index (κ3) is 20.3. The van der Waals surface area contributed by atoms with Crippen molar-refractivity contribution < 1.29 is 16.8 Å². The molecule has 3 aromatic rings. The fourth-order valence-electron chi connectivity index (χ4n) is 3.63. The maximum atomic E-state index is 2.37. The van der Waals surface area contributed by atoms with Gasteiger partial charge in [-0.05, 0) is 18.6 Å². The number of hydrogen-bond acceptors (Lipinski definition) is 3. The fraction of sp³-hybridized carbons (Fsp3) is 0.486. The summed E-state index contributed by atoms with van der Waals surface area (Å²) in [5.74, 6) is 0. The van der Waals surface area contributed by atoms with Crippen molar-refractivity contribution in [1.82, 2.24) is 0 Å². The van der Waals surface area contributed by atoms with Gasteiger partial charge in [-0.15, -0.1) is 17.0 Å². The van der Waals surface area contributed by atoms with Crippen molar-refractivity contribution in [3.63, 3.8) is 0 Å². The first-order chi connectivity index (χ1) is 18.5. The third-order valence-corrected chi connectivity index (χ3v) is 12.3. The van der Waals surface area contributed by atoms with Crippen LogP contribution in [-0.4, -0.2) is 50.7 Å². The molecule has 0 saturated heterocycles. The maximum absolute atomic E-state index is 2.37. The molecule has 0 fully saturated rings. The van der Waals surface area contributed by atoms with Gasteiger partial charge in [0.1, 0.15) is 0 Å². The zero-order valence-corrected chi connectivity index (χ0v) is 31.8. The number of benzene rings is 3. The molecular weight excluding hydrogens is 617 g/mol. The van der Waals surface area contributed by atoms with Crippen molar-refractivity contribution in [2.75, 3.05) is 30.3 Å². The van der Waals surface area contributed by atoms with Gasteiger partial charge < -0.3 is 0 Å². The topological polar surface area (TPSA) is 0 Å². The van der Waals surface area contributed by atoms with Crippen LogP contribution in [0.2, 0.25) is 0 Å². The van der Waals surface area contributed by atoms with E-state index in [-0.39, 0.29) is 24.7 Å². The molecule has 231 valence electrons. The van der Waals surface area contributed by atoms with Crippen LogP contribution >= 0.6 is 43.2 Å². The van der Waals surface area contributed by atoms with E-state index in [1.54, 1.807) is 5.46 Å². The van der Waals surface area contributed by atoms with Crippen molar-refractivity contribution in [1.29, 1.82) is 0 Å². The molecule has 3 rings (SSSR count). The summed E-state index contributed by atoms with van der Waals surface area (Å²) in [6.45, 7) is 25.6. The molecule has 0 nitrogen and oxygen atoms in total. The Morgan fingerprint density at radius 1 is 0.488 bits per heavy atom. The minimum atomic E-state index is -0.614. The first-order valence-electron chi connectivity index (χ1n) is 14.4. The number of hydrogen-bond donors (Lipinski definition) is 0. The second kappa shape index (κ2) is 19.9. The summed E-state index contributed by atoms with van der Waals surface area (Å²) in [7, 11) is 0.104. The van der Waals surface area contributed by atoms with Crippen LogP contribution in [-0.2, 0) is 16.8 Å². The number of thioether (sulfide) groups is 3. The van der Waals surface area contributed by atoms with E-state index in [0.717, 1.165) is 0 Å². The molecular formula is C35H55BCoPS3-. The summed E-state index contributed by atoms with van der Waals surface area (Å²) in [6, 6.07) is 33.9. The summed E-state index contributed by atoms with van der Waals surface area (Å²) in [5.41, 5.74) is 5.27.